The maximum atomic E-state index is 13.2. The lowest BCUT2D eigenvalue weighted by molar-refractivity contribution is -0.137. The lowest BCUT2D eigenvalue weighted by Gasteiger charge is -2.20. The molecule has 2 aromatic heterocycles. The Hall–Kier alpha value is -2.23. The minimum Gasteiger partial charge on any atom is -0.383 e. The number of hydrogen-bond acceptors (Lipinski definition) is 4. The Morgan fingerprint density at radius 2 is 1.86 bits per heavy atom. The highest BCUT2D eigenvalue weighted by Gasteiger charge is 2.57. The fourth-order valence-corrected chi connectivity index (χ4v) is 4.39. The van der Waals surface area contributed by atoms with Crippen LogP contribution in [-0.2, 0) is 6.18 Å². The van der Waals surface area contributed by atoms with E-state index in [4.69, 9.17) is 5.73 Å². The van der Waals surface area contributed by atoms with Crippen LogP contribution in [0.2, 0.25) is 0 Å². The monoisotopic (exact) mass is 415 g/mol. The highest BCUT2D eigenvalue weighted by Crippen LogP contribution is 2.56. The summed E-state index contributed by atoms with van der Waals surface area (Å²) in [6.45, 7) is 4.92. The Morgan fingerprint density at radius 3 is 2.41 bits per heavy atom. The third kappa shape index (κ3) is 3.70. The van der Waals surface area contributed by atoms with Crippen LogP contribution in [0.4, 0.5) is 27.8 Å². The summed E-state index contributed by atoms with van der Waals surface area (Å²) >= 11 is 0. The van der Waals surface area contributed by atoms with E-state index in [-0.39, 0.29) is 35.9 Å². The number of hydrogen-bond donors (Lipinski definition) is 1. The van der Waals surface area contributed by atoms with Gasteiger partial charge in [-0.25, -0.2) is 18.7 Å². The number of halogens is 5. The normalized spacial score (nSPS) is 24.5. The molecule has 0 radical (unpaired) electrons. The molecule has 0 aromatic carbocycles. The zero-order valence-electron chi connectivity index (χ0n) is 16.0. The second kappa shape index (κ2) is 6.93. The molecule has 1 saturated carbocycles. The van der Waals surface area contributed by atoms with Gasteiger partial charge >= 0.3 is 6.18 Å². The number of fused-ring (bicyclic) bond motifs is 1. The average Bonchev–Trinajstić information content (AvgIpc) is 2.96. The molecule has 0 bridgehead atoms. The second-order valence-electron chi connectivity index (χ2n) is 8.13. The Morgan fingerprint density at radius 1 is 1.21 bits per heavy atom. The molecule has 29 heavy (non-hydrogen) atoms. The van der Waals surface area contributed by atoms with E-state index in [1.165, 1.54) is 6.20 Å². The Balaban J connectivity index is 1.61. The Kier molecular flexibility index (Phi) is 4.79. The van der Waals surface area contributed by atoms with Gasteiger partial charge in [-0.3, -0.25) is 4.90 Å². The van der Waals surface area contributed by atoms with E-state index in [0.717, 1.165) is 11.9 Å². The van der Waals surface area contributed by atoms with Crippen molar-refractivity contribution < 1.29 is 22.0 Å². The van der Waals surface area contributed by atoms with Crippen LogP contribution in [0, 0.1) is 11.8 Å². The molecule has 2 aromatic rings. The summed E-state index contributed by atoms with van der Waals surface area (Å²) in [6, 6.07) is 1.11. The fraction of sp³-hybridized carbons (Fsp3) is 0.579. The average molecular weight is 415 g/mol. The standard InChI is InChI=1S/C19H22F5N5/c1-9(2)18-27-14(10-3-13(19(22,23)24)17(25)26-4-10)7-29(18)16-11-5-28(6-12(11)16)8-15(20)21/h3-4,7,9,11-12,15-16H,5-6,8H2,1-2H3,(H2,25,26). The zero-order valence-corrected chi connectivity index (χ0v) is 16.0. The van der Waals surface area contributed by atoms with E-state index in [0.29, 0.717) is 18.8 Å². The maximum Gasteiger partial charge on any atom is 0.419 e. The lowest BCUT2D eigenvalue weighted by atomic mass is 10.1. The molecule has 158 valence electrons. The molecule has 10 heteroatoms. The second-order valence-corrected chi connectivity index (χ2v) is 8.13. The first-order valence-electron chi connectivity index (χ1n) is 9.48. The third-order valence-corrected chi connectivity index (χ3v) is 5.74. The lowest BCUT2D eigenvalue weighted by Crippen LogP contribution is -2.30. The molecule has 1 aliphatic carbocycles. The van der Waals surface area contributed by atoms with Crippen molar-refractivity contribution in [1.82, 2.24) is 19.4 Å². The van der Waals surface area contributed by atoms with Gasteiger partial charge in [-0.15, -0.1) is 0 Å². The summed E-state index contributed by atoms with van der Waals surface area (Å²) in [5.74, 6) is 0.795. The number of piperidine rings is 1. The molecule has 0 amide bonds. The van der Waals surface area contributed by atoms with Gasteiger partial charge in [0, 0.05) is 43.0 Å². The Bertz CT molecular complexity index is 895. The summed E-state index contributed by atoms with van der Waals surface area (Å²) in [5.41, 5.74) is 5.06. The van der Waals surface area contributed by atoms with Crippen molar-refractivity contribution in [3.05, 3.63) is 29.8 Å². The number of imidazole rings is 1. The molecule has 2 aliphatic rings. The van der Waals surface area contributed by atoms with Crippen molar-refractivity contribution in [3.8, 4) is 11.3 Å². The molecular formula is C19H22F5N5. The molecule has 2 fully saturated rings. The van der Waals surface area contributed by atoms with Crippen molar-refractivity contribution in [1.29, 1.82) is 0 Å². The number of likely N-dealkylation sites (tertiary alicyclic amines) is 1. The first-order chi connectivity index (χ1) is 13.6. The fourth-order valence-electron chi connectivity index (χ4n) is 4.39. The van der Waals surface area contributed by atoms with Crippen molar-refractivity contribution in [2.75, 3.05) is 25.4 Å². The predicted octanol–water partition coefficient (Wildman–Crippen LogP) is 4.04. The number of nitrogens with two attached hydrogens (primary N) is 1. The number of rotatable bonds is 5. The van der Waals surface area contributed by atoms with Gasteiger partial charge in [0.25, 0.3) is 6.43 Å². The van der Waals surface area contributed by atoms with Crippen LogP contribution < -0.4 is 5.73 Å². The molecule has 4 rings (SSSR count). The van der Waals surface area contributed by atoms with Gasteiger partial charge in [0.15, 0.2) is 0 Å². The largest absolute Gasteiger partial charge is 0.419 e. The molecule has 5 nitrogen and oxygen atoms in total. The van der Waals surface area contributed by atoms with Crippen LogP contribution >= 0.6 is 0 Å². The number of alkyl halides is 5. The van der Waals surface area contributed by atoms with Crippen LogP contribution in [0.5, 0.6) is 0 Å². The quantitative estimate of drug-likeness (QED) is 0.749. The van der Waals surface area contributed by atoms with Crippen LogP contribution in [0.15, 0.2) is 18.5 Å². The van der Waals surface area contributed by atoms with Gasteiger partial charge < -0.3 is 10.3 Å². The molecule has 1 aliphatic heterocycles. The smallest absolute Gasteiger partial charge is 0.383 e. The number of anilines is 1. The van der Waals surface area contributed by atoms with E-state index in [9.17, 15) is 22.0 Å². The molecule has 0 spiro atoms. The number of nitrogens with zero attached hydrogens (tertiary/aromatic N) is 4. The molecule has 2 N–H and O–H groups in total. The van der Waals surface area contributed by atoms with Crippen molar-refractivity contribution >= 4 is 5.82 Å². The predicted molar refractivity (Wildman–Crippen MR) is 97.4 cm³/mol. The summed E-state index contributed by atoms with van der Waals surface area (Å²) < 4.78 is 66.7. The Labute approximate surface area is 164 Å². The number of pyridine rings is 1. The van der Waals surface area contributed by atoms with Gasteiger partial charge in [0.2, 0.25) is 0 Å². The van der Waals surface area contributed by atoms with Crippen LogP contribution in [-0.4, -0.2) is 45.5 Å². The summed E-state index contributed by atoms with van der Waals surface area (Å²) in [5, 5.41) is 0. The van der Waals surface area contributed by atoms with Gasteiger partial charge in [-0.1, -0.05) is 13.8 Å². The van der Waals surface area contributed by atoms with Crippen LogP contribution in [0.1, 0.15) is 37.2 Å². The van der Waals surface area contributed by atoms with E-state index in [1.54, 1.807) is 11.1 Å². The van der Waals surface area contributed by atoms with E-state index >= 15 is 0 Å². The van der Waals surface area contributed by atoms with Crippen molar-refractivity contribution in [2.24, 2.45) is 11.8 Å². The molecule has 3 heterocycles. The third-order valence-electron chi connectivity index (χ3n) is 5.74. The maximum absolute atomic E-state index is 13.2. The van der Waals surface area contributed by atoms with Crippen LogP contribution in [0.25, 0.3) is 11.3 Å². The first-order valence-corrected chi connectivity index (χ1v) is 9.48. The van der Waals surface area contributed by atoms with Gasteiger partial charge in [0.1, 0.15) is 11.6 Å². The first kappa shape index (κ1) is 20.1. The minimum absolute atomic E-state index is 0.0612. The topological polar surface area (TPSA) is 60.0 Å². The van der Waals surface area contributed by atoms with Gasteiger partial charge in [-0.2, -0.15) is 13.2 Å². The highest BCUT2D eigenvalue weighted by atomic mass is 19.4. The molecule has 1 saturated heterocycles. The summed E-state index contributed by atoms with van der Waals surface area (Å²) in [4.78, 5) is 10.0. The number of nitrogen functional groups attached to an aromatic ring is 1. The highest BCUT2D eigenvalue weighted by molar-refractivity contribution is 5.62. The van der Waals surface area contributed by atoms with E-state index in [2.05, 4.69) is 9.97 Å². The van der Waals surface area contributed by atoms with E-state index in [1.807, 2.05) is 18.4 Å². The van der Waals surface area contributed by atoms with Gasteiger partial charge in [-0.05, 0) is 17.9 Å². The summed E-state index contributed by atoms with van der Waals surface area (Å²) in [6.07, 6.45) is -3.90. The van der Waals surface area contributed by atoms with Crippen molar-refractivity contribution in [2.45, 2.75) is 38.4 Å². The van der Waals surface area contributed by atoms with Crippen molar-refractivity contribution in [3.63, 3.8) is 0 Å². The summed E-state index contributed by atoms with van der Waals surface area (Å²) in [7, 11) is 0. The number of aromatic nitrogens is 3. The SMILES string of the molecule is CC(C)c1nc(-c2cnc(N)c(C(F)(F)F)c2)cn1C1C2CN(CC(F)F)CC21. The molecule has 2 atom stereocenters. The molecular weight excluding hydrogens is 393 g/mol. The zero-order chi connectivity index (χ0) is 21.1. The molecule has 2 unspecified atom stereocenters. The van der Waals surface area contributed by atoms with E-state index < -0.39 is 24.0 Å². The van der Waals surface area contributed by atoms with Gasteiger partial charge in [0.05, 0.1) is 17.8 Å². The minimum atomic E-state index is -4.60. The van der Waals surface area contributed by atoms with Crippen LogP contribution in [0.3, 0.4) is 0 Å².